The molecule has 5 heteroatoms. The zero-order valence-corrected chi connectivity index (χ0v) is 16.0. The van der Waals surface area contributed by atoms with E-state index in [2.05, 4.69) is 31.5 Å². The molecule has 0 aliphatic rings. The Morgan fingerprint density at radius 1 is 0.889 bits per heavy atom. The Bertz CT molecular complexity index is 1060. The van der Waals surface area contributed by atoms with Crippen molar-refractivity contribution in [1.82, 2.24) is 4.98 Å². The van der Waals surface area contributed by atoms with Crippen molar-refractivity contribution in [3.05, 3.63) is 95.1 Å². The molecule has 1 heterocycles. The van der Waals surface area contributed by atoms with Gasteiger partial charge in [-0.25, -0.2) is 0 Å². The van der Waals surface area contributed by atoms with Gasteiger partial charge in [0.05, 0.1) is 5.69 Å². The summed E-state index contributed by atoms with van der Waals surface area (Å²) in [5, 5.41) is 7.40. The van der Waals surface area contributed by atoms with Gasteiger partial charge in [0, 0.05) is 27.3 Å². The van der Waals surface area contributed by atoms with Crippen LogP contribution >= 0.6 is 15.9 Å². The van der Waals surface area contributed by atoms with Crippen LogP contribution in [0.4, 0.5) is 11.4 Å². The molecule has 0 saturated heterocycles. The fourth-order valence-electron chi connectivity index (χ4n) is 3.06. The lowest BCUT2D eigenvalue weighted by Crippen LogP contribution is -2.27. The molecule has 0 spiro atoms. The normalized spacial score (nSPS) is 11.9. The summed E-state index contributed by atoms with van der Waals surface area (Å²) in [7, 11) is 0. The molecule has 0 aliphatic heterocycles. The Kier molecular flexibility index (Phi) is 4.94. The lowest BCUT2D eigenvalue weighted by atomic mass is 10.1. The minimum Gasteiger partial charge on any atom is -0.370 e. The van der Waals surface area contributed by atoms with Crippen molar-refractivity contribution >= 4 is 44.1 Å². The van der Waals surface area contributed by atoms with Gasteiger partial charge in [-0.05, 0) is 48.0 Å². The van der Waals surface area contributed by atoms with Crippen LogP contribution in [-0.2, 0) is 4.79 Å². The molecule has 0 fully saturated rings. The van der Waals surface area contributed by atoms with Gasteiger partial charge < -0.3 is 15.6 Å². The predicted octanol–water partition coefficient (Wildman–Crippen LogP) is 5.72. The number of benzene rings is 3. The van der Waals surface area contributed by atoms with E-state index in [1.54, 1.807) is 0 Å². The third-order valence-electron chi connectivity index (χ3n) is 4.40. The first-order valence-electron chi connectivity index (χ1n) is 8.65. The number of nitrogens with one attached hydrogen (secondary N) is 3. The standard InChI is InChI=1S/C22H18BrN3O/c23-16-11-9-15(10-12-16)21(25-17-5-2-1-3-6-17)22(27)26-20-8-4-7-19-18(20)13-14-24-19/h1-14,21,24-25H,(H,26,27). The highest BCUT2D eigenvalue weighted by molar-refractivity contribution is 9.10. The number of carbonyl (C=O) groups excluding carboxylic acids is 1. The highest BCUT2D eigenvalue weighted by Gasteiger charge is 2.21. The van der Waals surface area contributed by atoms with E-state index in [1.807, 2.05) is 85.1 Å². The Morgan fingerprint density at radius 2 is 1.67 bits per heavy atom. The third kappa shape index (κ3) is 3.88. The monoisotopic (exact) mass is 419 g/mol. The van der Waals surface area contributed by atoms with Gasteiger partial charge in [-0.3, -0.25) is 4.79 Å². The van der Waals surface area contributed by atoms with E-state index in [1.165, 1.54) is 0 Å². The Labute approximate surface area is 165 Å². The van der Waals surface area contributed by atoms with Crippen molar-refractivity contribution in [2.24, 2.45) is 0 Å². The number of hydrogen-bond acceptors (Lipinski definition) is 2. The number of amides is 1. The summed E-state index contributed by atoms with van der Waals surface area (Å²) >= 11 is 3.45. The van der Waals surface area contributed by atoms with Gasteiger partial charge in [0.15, 0.2) is 0 Å². The molecule has 134 valence electrons. The molecule has 1 amide bonds. The number of hydrogen-bond donors (Lipinski definition) is 3. The van der Waals surface area contributed by atoms with Gasteiger partial charge >= 0.3 is 0 Å². The summed E-state index contributed by atoms with van der Waals surface area (Å²) in [5.74, 6) is -0.116. The predicted molar refractivity (Wildman–Crippen MR) is 114 cm³/mol. The molecule has 0 radical (unpaired) electrons. The molecule has 1 aromatic heterocycles. The smallest absolute Gasteiger partial charge is 0.251 e. The Balaban J connectivity index is 1.65. The number of halogens is 1. The average Bonchev–Trinajstić information content (AvgIpc) is 3.18. The molecule has 3 N–H and O–H groups in total. The van der Waals surface area contributed by atoms with Crippen LogP contribution in [-0.4, -0.2) is 10.9 Å². The van der Waals surface area contributed by atoms with Gasteiger partial charge in [0.2, 0.25) is 0 Å². The molecule has 27 heavy (non-hydrogen) atoms. The van der Waals surface area contributed by atoms with E-state index in [4.69, 9.17) is 0 Å². The summed E-state index contributed by atoms with van der Waals surface area (Å²) < 4.78 is 0.974. The molecule has 4 aromatic rings. The molecule has 0 saturated carbocycles. The lowest BCUT2D eigenvalue weighted by Gasteiger charge is -2.20. The van der Waals surface area contributed by atoms with Crippen LogP contribution in [0.5, 0.6) is 0 Å². The van der Waals surface area contributed by atoms with Crippen LogP contribution in [0.15, 0.2) is 89.5 Å². The van der Waals surface area contributed by atoms with E-state index >= 15 is 0 Å². The van der Waals surface area contributed by atoms with E-state index in [9.17, 15) is 4.79 Å². The number of carbonyl (C=O) groups is 1. The van der Waals surface area contributed by atoms with Crippen LogP contribution in [0.3, 0.4) is 0 Å². The van der Waals surface area contributed by atoms with Crippen molar-refractivity contribution in [2.45, 2.75) is 6.04 Å². The zero-order chi connectivity index (χ0) is 18.6. The van der Waals surface area contributed by atoms with Crippen LogP contribution in [0.1, 0.15) is 11.6 Å². The third-order valence-corrected chi connectivity index (χ3v) is 4.93. The number of anilines is 2. The minimum atomic E-state index is -0.519. The second-order valence-corrected chi connectivity index (χ2v) is 7.14. The van der Waals surface area contributed by atoms with Crippen LogP contribution in [0.25, 0.3) is 10.9 Å². The van der Waals surface area contributed by atoms with Gasteiger partial charge in [-0.2, -0.15) is 0 Å². The molecular formula is C22H18BrN3O. The number of H-pyrrole nitrogens is 1. The fourth-order valence-corrected chi connectivity index (χ4v) is 3.32. The maximum atomic E-state index is 13.2. The van der Waals surface area contributed by atoms with Crippen molar-refractivity contribution in [2.75, 3.05) is 10.6 Å². The first-order chi connectivity index (χ1) is 13.2. The molecule has 0 bridgehead atoms. The SMILES string of the molecule is O=C(Nc1cccc2[nH]ccc12)C(Nc1ccccc1)c1ccc(Br)cc1. The topological polar surface area (TPSA) is 56.9 Å². The van der Waals surface area contributed by atoms with Gasteiger partial charge in [-0.15, -0.1) is 0 Å². The summed E-state index contributed by atoms with van der Waals surface area (Å²) in [4.78, 5) is 16.3. The fraction of sp³-hybridized carbons (Fsp3) is 0.0455. The van der Waals surface area contributed by atoms with Crippen molar-refractivity contribution in [1.29, 1.82) is 0 Å². The molecule has 3 aromatic carbocycles. The molecule has 4 nitrogen and oxygen atoms in total. The summed E-state index contributed by atoms with van der Waals surface area (Å²) in [5.41, 5.74) is 3.56. The highest BCUT2D eigenvalue weighted by atomic mass is 79.9. The zero-order valence-electron chi connectivity index (χ0n) is 14.4. The second-order valence-electron chi connectivity index (χ2n) is 6.23. The molecule has 1 unspecified atom stereocenters. The van der Waals surface area contributed by atoms with Gasteiger partial charge in [0.25, 0.3) is 5.91 Å². The number of rotatable bonds is 5. The summed E-state index contributed by atoms with van der Waals surface area (Å²) in [6, 6.07) is 24.8. The molecule has 0 aliphatic carbocycles. The lowest BCUT2D eigenvalue weighted by molar-refractivity contribution is -0.117. The quantitative estimate of drug-likeness (QED) is 0.387. The second kappa shape index (κ2) is 7.68. The van der Waals surface area contributed by atoms with Gasteiger partial charge in [-0.1, -0.05) is 52.3 Å². The number of para-hydroxylation sites is 1. The molecule has 4 rings (SSSR count). The van der Waals surface area contributed by atoms with Crippen molar-refractivity contribution < 1.29 is 4.79 Å². The first kappa shape index (κ1) is 17.4. The molecule has 1 atom stereocenters. The number of aromatic nitrogens is 1. The van der Waals surface area contributed by atoms with E-state index in [-0.39, 0.29) is 5.91 Å². The van der Waals surface area contributed by atoms with Crippen molar-refractivity contribution in [3.8, 4) is 0 Å². The van der Waals surface area contributed by atoms with E-state index in [0.717, 1.165) is 32.3 Å². The van der Waals surface area contributed by atoms with Crippen LogP contribution in [0, 0.1) is 0 Å². The Morgan fingerprint density at radius 3 is 2.44 bits per heavy atom. The minimum absolute atomic E-state index is 0.116. The highest BCUT2D eigenvalue weighted by Crippen LogP contribution is 2.26. The maximum absolute atomic E-state index is 13.2. The van der Waals surface area contributed by atoms with E-state index in [0.29, 0.717) is 0 Å². The Hall–Kier alpha value is -3.05. The molecular weight excluding hydrogens is 402 g/mol. The van der Waals surface area contributed by atoms with E-state index < -0.39 is 6.04 Å². The maximum Gasteiger partial charge on any atom is 0.251 e. The van der Waals surface area contributed by atoms with Crippen LogP contribution < -0.4 is 10.6 Å². The largest absolute Gasteiger partial charge is 0.370 e. The average molecular weight is 420 g/mol. The summed E-state index contributed by atoms with van der Waals surface area (Å²) in [6.07, 6.45) is 1.87. The van der Waals surface area contributed by atoms with Crippen molar-refractivity contribution in [3.63, 3.8) is 0 Å². The van der Waals surface area contributed by atoms with Crippen LogP contribution in [0.2, 0.25) is 0 Å². The number of aromatic amines is 1. The first-order valence-corrected chi connectivity index (χ1v) is 9.44. The van der Waals surface area contributed by atoms with Gasteiger partial charge in [0.1, 0.15) is 6.04 Å². The number of fused-ring (bicyclic) bond motifs is 1. The summed E-state index contributed by atoms with van der Waals surface area (Å²) in [6.45, 7) is 0.